The van der Waals surface area contributed by atoms with E-state index < -0.39 is 23.0 Å². The number of nitrogens with two attached hydrogens (primary N) is 1. The van der Waals surface area contributed by atoms with Crippen LogP contribution in [0, 0.1) is 0 Å². The molecule has 1 amide bonds. The van der Waals surface area contributed by atoms with Crippen molar-refractivity contribution in [3.05, 3.63) is 0 Å². The van der Waals surface area contributed by atoms with Crippen molar-refractivity contribution in [2.45, 2.75) is 63.4 Å². The van der Waals surface area contributed by atoms with E-state index in [1.54, 1.807) is 0 Å². The summed E-state index contributed by atoms with van der Waals surface area (Å²) >= 11 is 0. The summed E-state index contributed by atoms with van der Waals surface area (Å²) in [5.74, 6) is -0.422. The molecule has 1 saturated carbocycles. The first-order valence-electron chi connectivity index (χ1n) is 7.26. The molecule has 6 heteroatoms. The Labute approximate surface area is 120 Å². The van der Waals surface area contributed by atoms with Crippen molar-refractivity contribution in [2.24, 2.45) is 5.73 Å². The highest BCUT2D eigenvalue weighted by atomic mass is 16.7. The second-order valence-electron chi connectivity index (χ2n) is 6.83. The largest absolute Gasteiger partial charge is 0.444 e. The Balaban J connectivity index is 1.77. The number of nitrogens with one attached hydrogen (secondary N) is 1. The maximum Gasteiger partial charge on any atom is 0.407 e. The van der Waals surface area contributed by atoms with Gasteiger partial charge in [0.05, 0.1) is 13.2 Å². The zero-order chi connectivity index (χ0) is 14.9. The molecule has 1 aliphatic heterocycles. The quantitative estimate of drug-likeness (QED) is 0.804. The maximum absolute atomic E-state index is 11.7. The number of alkyl carbamates (subject to hydrolysis) is 1. The lowest BCUT2D eigenvalue weighted by molar-refractivity contribution is -0.184. The van der Waals surface area contributed by atoms with E-state index in [4.69, 9.17) is 19.9 Å². The van der Waals surface area contributed by atoms with E-state index in [1.165, 1.54) is 0 Å². The first-order valence-corrected chi connectivity index (χ1v) is 7.26. The van der Waals surface area contributed by atoms with Crippen LogP contribution in [0.2, 0.25) is 0 Å². The van der Waals surface area contributed by atoms with Crippen LogP contribution in [-0.4, -0.2) is 42.8 Å². The van der Waals surface area contributed by atoms with Crippen molar-refractivity contribution < 1.29 is 19.0 Å². The van der Waals surface area contributed by atoms with Crippen LogP contribution >= 0.6 is 0 Å². The van der Waals surface area contributed by atoms with Gasteiger partial charge in [-0.15, -0.1) is 0 Å². The molecule has 1 spiro atoms. The molecule has 2 aliphatic rings. The molecule has 0 aromatic rings. The van der Waals surface area contributed by atoms with Gasteiger partial charge in [-0.1, -0.05) is 0 Å². The van der Waals surface area contributed by atoms with E-state index in [0.717, 1.165) is 25.7 Å². The van der Waals surface area contributed by atoms with Gasteiger partial charge in [-0.2, -0.15) is 0 Å². The van der Waals surface area contributed by atoms with Crippen LogP contribution in [0.3, 0.4) is 0 Å². The Morgan fingerprint density at radius 3 is 2.25 bits per heavy atom. The van der Waals surface area contributed by atoms with Crippen molar-refractivity contribution in [3.63, 3.8) is 0 Å². The van der Waals surface area contributed by atoms with Gasteiger partial charge in [0.25, 0.3) is 0 Å². The predicted molar refractivity (Wildman–Crippen MR) is 74.3 cm³/mol. The summed E-state index contributed by atoms with van der Waals surface area (Å²) in [5, 5.41) is 2.76. The molecule has 0 atom stereocenters. The van der Waals surface area contributed by atoms with Crippen molar-refractivity contribution >= 4 is 6.09 Å². The smallest absolute Gasteiger partial charge is 0.407 e. The van der Waals surface area contributed by atoms with E-state index in [0.29, 0.717) is 19.8 Å². The highest BCUT2D eigenvalue weighted by Gasteiger charge is 2.44. The zero-order valence-electron chi connectivity index (χ0n) is 12.7. The van der Waals surface area contributed by atoms with Gasteiger partial charge in [0.15, 0.2) is 5.79 Å². The first-order chi connectivity index (χ1) is 9.22. The number of rotatable bonds is 2. The summed E-state index contributed by atoms with van der Waals surface area (Å²) in [7, 11) is 0. The van der Waals surface area contributed by atoms with Crippen molar-refractivity contribution in [1.82, 2.24) is 5.32 Å². The summed E-state index contributed by atoms with van der Waals surface area (Å²) in [6, 6.07) is 0. The van der Waals surface area contributed by atoms with Gasteiger partial charge in [-0.25, -0.2) is 4.79 Å². The minimum absolute atomic E-state index is 0.405. The summed E-state index contributed by atoms with van der Waals surface area (Å²) < 4.78 is 16.6. The van der Waals surface area contributed by atoms with Gasteiger partial charge in [0, 0.05) is 24.9 Å². The molecule has 1 saturated heterocycles. The van der Waals surface area contributed by atoms with Crippen LogP contribution in [-0.2, 0) is 14.2 Å². The van der Waals surface area contributed by atoms with Crippen LogP contribution < -0.4 is 11.1 Å². The van der Waals surface area contributed by atoms with Gasteiger partial charge >= 0.3 is 6.09 Å². The maximum atomic E-state index is 11.7. The second kappa shape index (κ2) is 5.50. The molecule has 20 heavy (non-hydrogen) atoms. The molecular weight excluding hydrogens is 260 g/mol. The molecule has 2 rings (SSSR count). The third-order valence-corrected chi connectivity index (χ3v) is 3.80. The third kappa shape index (κ3) is 4.07. The molecule has 116 valence electrons. The molecule has 1 aliphatic carbocycles. The SMILES string of the molecule is CC(C)(C)OC(=O)NCC1(N)CCC2(CC1)OCCO2. The predicted octanol–water partition coefficient (Wildman–Crippen LogP) is 1.53. The van der Waals surface area contributed by atoms with Crippen LogP contribution in [0.4, 0.5) is 4.79 Å². The summed E-state index contributed by atoms with van der Waals surface area (Å²) in [4.78, 5) is 11.7. The van der Waals surface area contributed by atoms with Gasteiger partial charge in [-0.3, -0.25) is 0 Å². The summed E-state index contributed by atoms with van der Waals surface area (Å²) in [6.45, 7) is 7.25. The fourth-order valence-corrected chi connectivity index (χ4v) is 2.65. The number of carbonyl (C=O) groups excluding carboxylic acids is 1. The Morgan fingerprint density at radius 1 is 1.20 bits per heavy atom. The van der Waals surface area contributed by atoms with Crippen molar-refractivity contribution in [2.75, 3.05) is 19.8 Å². The Hall–Kier alpha value is -0.850. The Morgan fingerprint density at radius 2 is 1.75 bits per heavy atom. The summed E-state index contributed by atoms with van der Waals surface area (Å²) in [6.07, 6.45) is 2.67. The lowest BCUT2D eigenvalue weighted by atomic mass is 9.79. The normalized spacial score (nSPS) is 24.6. The summed E-state index contributed by atoms with van der Waals surface area (Å²) in [5.41, 5.74) is 5.44. The molecule has 0 radical (unpaired) electrons. The topological polar surface area (TPSA) is 82.8 Å². The average Bonchev–Trinajstić information content (AvgIpc) is 2.79. The number of hydrogen-bond acceptors (Lipinski definition) is 5. The van der Waals surface area contributed by atoms with Gasteiger partial charge in [0.1, 0.15) is 5.60 Å². The van der Waals surface area contributed by atoms with Crippen LogP contribution in [0.5, 0.6) is 0 Å². The second-order valence-corrected chi connectivity index (χ2v) is 6.83. The molecule has 2 fully saturated rings. The third-order valence-electron chi connectivity index (χ3n) is 3.80. The molecule has 0 aromatic heterocycles. The van der Waals surface area contributed by atoms with E-state index in [-0.39, 0.29) is 0 Å². The van der Waals surface area contributed by atoms with E-state index in [2.05, 4.69) is 5.32 Å². The van der Waals surface area contributed by atoms with E-state index >= 15 is 0 Å². The standard InChI is InChI=1S/C14H26N2O4/c1-12(2,3)20-11(17)16-10-13(15)4-6-14(7-5-13)18-8-9-19-14/h4-10,15H2,1-3H3,(H,16,17). The molecule has 0 unspecified atom stereocenters. The van der Waals surface area contributed by atoms with Gasteiger partial charge in [0.2, 0.25) is 0 Å². The molecule has 1 heterocycles. The average molecular weight is 286 g/mol. The molecule has 0 bridgehead atoms. The monoisotopic (exact) mass is 286 g/mol. The minimum atomic E-state index is -0.492. The fraction of sp³-hybridized carbons (Fsp3) is 0.929. The Bertz CT molecular complexity index is 349. The highest BCUT2D eigenvalue weighted by Crippen LogP contribution is 2.38. The molecular formula is C14H26N2O4. The molecule has 6 nitrogen and oxygen atoms in total. The van der Waals surface area contributed by atoms with Crippen LogP contribution in [0.15, 0.2) is 0 Å². The fourth-order valence-electron chi connectivity index (χ4n) is 2.65. The zero-order valence-corrected chi connectivity index (χ0v) is 12.7. The van der Waals surface area contributed by atoms with Crippen molar-refractivity contribution in [3.8, 4) is 0 Å². The van der Waals surface area contributed by atoms with E-state index in [9.17, 15) is 4.79 Å². The minimum Gasteiger partial charge on any atom is -0.444 e. The molecule has 0 aromatic carbocycles. The van der Waals surface area contributed by atoms with Crippen molar-refractivity contribution in [1.29, 1.82) is 0 Å². The molecule has 3 N–H and O–H groups in total. The first kappa shape index (κ1) is 15.5. The Kier molecular flexibility index (Phi) is 4.27. The highest BCUT2D eigenvalue weighted by molar-refractivity contribution is 5.67. The van der Waals surface area contributed by atoms with Gasteiger partial charge < -0.3 is 25.3 Å². The lowest BCUT2D eigenvalue weighted by Crippen LogP contribution is -2.55. The van der Waals surface area contributed by atoms with Gasteiger partial charge in [-0.05, 0) is 33.6 Å². The van der Waals surface area contributed by atoms with E-state index in [1.807, 2.05) is 20.8 Å². The number of carbonyl (C=O) groups is 1. The number of amides is 1. The number of ether oxygens (including phenoxy) is 3. The van der Waals surface area contributed by atoms with Crippen LogP contribution in [0.25, 0.3) is 0 Å². The number of hydrogen-bond donors (Lipinski definition) is 2. The lowest BCUT2D eigenvalue weighted by Gasteiger charge is -2.41. The van der Waals surface area contributed by atoms with Crippen LogP contribution in [0.1, 0.15) is 46.5 Å².